The van der Waals surface area contributed by atoms with Crippen LogP contribution in [0.4, 0.5) is 4.79 Å². The van der Waals surface area contributed by atoms with Gasteiger partial charge in [-0.2, -0.15) is 0 Å². The number of aromatic amines is 1. The highest BCUT2D eigenvalue weighted by atomic mass is 16.5. The van der Waals surface area contributed by atoms with Crippen LogP contribution >= 0.6 is 0 Å². The Balaban J connectivity index is 1.49. The number of rotatable bonds is 5. The summed E-state index contributed by atoms with van der Waals surface area (Å²) in [5, 5.41) is 20.0. The molecule has 0 bridgehead atoms. The van der Waals surface area contributed by atoms with Crippen LogP contribution in [0.2, 0.25) is 0 Å². The topological polar surface area (TPSA) is 93.4 Å². The molecule has 1 atom stereocenters. The number of fused-ring (bicyclic) bond motifs is 9. The van der Waals surface area contributed by atoms with Crippen molar-refractivity contribution in [2.45, 2.75) is 13.1 Å². The van der Waals surface area contributed by atoms with Gasteiger partial charge in [-0.25, -0.2) is 4.79 Å². The summed E-state index contributed by atoms with van der Waals surface area (Å²) in [7, 11) is 1.60. The first-order valence-corrected chi connectivity index (χ1v) is 12.2. The molecule has 3 aromatic carbocycles. The number of carbonyl (C=O) groups is 1. The molecule has 4 heterocycles. The number of hydrogen-bond acceptors (Lipinski definition) is 4. The maximum absolute atomic E-state index is 12.3. The molecule has 0 fully saturated rings. The fourth-order valence-corrected chi connectivity index (χ4v) is 6.05. The molecule has 7 rings (SSSR count). The number of amides is 1. The molecule has 0 spiro atoms. The van der Waals surface area contributed by atoms with E-state index in [0.29, 0.717) is 32.8 Å². The Labute approximate surface area is 206 Å². The maximum Gasteiger partial charge on any atom is 0.407 e. The average Bonchev–Trinajstić information content (AvgIpc) is 3.49. The van der Waals surface area contributed by atoms with E-state index in [1.165, 1.54) is 0 Å². The first kappa shape index (κ1) is 21.1. The van der Waals surface area contributed by atoms with Crippen LogP contribution < -0.4 is 5.32 Å². The Kier molecular flexibility index (Phi) is 4.65. The Hall–Kier alpha value is -4.17. The summed E-state index contributed by atoms with van der Waals surface area (Å²) >= 11 is 0. The summed E-state index contributed by atoms with van der Waals surface area (Å²) in [6.45, 7) is 2.54. The molecule has 1 aliphatic heterocycles. The number of methoxy groups -OCH3 is 1. The van der Waals surface area contributed by atoms with Gasteiger partial charge in [-0.15, -0.1) is 0 Å². The van der Waals surface area contributed by atoms with Crippen molar-refractivity contribution in [2.75, 3.05) is 26.9 Å². The summed E-state index contributed by atoms with van der Waals surface area (Å²) in [4.78, 5) is 15.4. The molecule has 3 N–H and O–H groups in total. The van der Waals surface area contributed by atoms with E-state index in [0.717, 1.165) is 54.4 Å². The Morgan fingerprint density at radius 2 is 1.61 bits per heavy atom. The molecule has 3 aromatic heterocycles. The van der Waals surface area contributed by atoms with Crippen molar-refractivity contribution in [1.29, 1.82) is 0 Å². The van der Waals surface area contributed by atoms with Crippen molar-refractivity contribution in [2.24, 2.45) is 5.92 Å². The summed E-state index contributed by atoms with van der Waals surface area (Å²) < 4.78 is 15.4. The number of H-pyrrole nitrogens is 1. The molecule has 1 unspecified atom stereocenters. The van der Waals surface area contributed by atoms with E-state index in [2.05, 4.69) is 55.8 Å². The van der Waals surface area contributed by atoms with Gasteiger partial charge in [0.05, 0.1) is 29.6 Å². The molecule has 36 heavy (non-hydrogen) atoms. The molecular formula is C28H26N4O4. The van der Waals surface area contributed by atoms with Gasteiger partial charge >= 0.3 is 6.09 Å². The quantitative estimate of drug-likeness (QED) is 0.298. The van der Waals surface area contributed by atoms with Crippen molar-refractivity contribution in [3.8, 4) is 5.88 Å². The van der Waals surface area contributed by atoms with E-state index in [9.17, 15) is 9.90 Å². The van der Waals surface area contributed by atoms with E-state index in [1.54, 1.807) is 7.11 Å². The molecule has 0 aliphatic carbocycles. The molecule has 6 aromatic rings. The van der Waals surface area contributed by atoms with Crippen LogP contribution in [-0.2, 0) is 22.6 Å². The summed E-state index contributed by atoms with van der Waals surface area (Å²) in [6.07, 6.45) is 1.48. The van der Waals surface area contributed by atoms with E-state index in [1.807, 2.05) is 18.3 Å². The molecule has 0 saturated heterocycles. The zero-order chi connectivity index (χ0) is 24.4. The van der Waals surface area contributed by atoms with Gasteiger partial charge in [-0.1, -0.05) is 36.4 Å². The molecular weight excluding hydrogens is 456 g/mol. The standard InChI is InChI=1S/C28H26N4O4/c1-35-11-10-29-28(34)36-15-16-13-31-20-8-4-2-6-17(20)22-19-12-30-27(33)24(19)23-18-7-3-5-9-21(18)32(14-16)26(23)25(22)31/h2-9,12,16,30,33H,10-11,13-15H2,1H3,(H,29,34). The number of aromatic hydroxyl groups is 1. The van der Waals surface area contributed by atoms with Crippen molar-refractivity contribution >= 4 is 60.5 Å². The van der Waals surface area contributed by atoms with Gasteiger partial charge in [-0.3, -0.25) is 0 Å². The number of benzene rings is 3. The Bertz CT molecular complexity index is 1810. The number of carbonyl (C=O) groups excluding carboxylic acids is 1. The number of nitrogens with zero attached hydrogens (tertiary/aromatic N) is 2. The molecule has 8 nitrogen and oxygen atoms in total. The predicted molar refractivity (Wildman–Crippen MR) is 141 cm³/mol. The normalized spacial score (nSPS) is 15.5. The van der Waals surface area contributed by atoms with Crippen LogP contribution in [0.15, 0.2) is 54.7 Å². The zero-order valence-corrected chi connectivity index (χ0v) is 19.9. The fourth-order valence-electron chi connectivity index (χ4n) is 6.05. The van der Waals surface area contributed by atoms with E-state index in [4.69, 9.17) is 9.47 Å². The number of alkyl carbamates (subject to hydrolysis) is 1. The van der Waals surface area contributed by atoms with Crippen LogP contribution in [-0.4, -0.2) is 52.2 Å². The third-order valence-corrected chi connectivity index (χ3v) is 7.45. The summed E-state index contributed by atoms with van der Waals surface area (Å²) in [6, 6.07) is 16.7. The van der Waals surface area contributed by atoms with Crippen LogP contribution in [0.25, 0.3) is 54.4 Å². The molecule has 182 valence electrons. The second kappa shape index (κ2) is 7.93. The largest absolute Gasteiger partial charge is 0.494 e. The van der Waals surface area contributed by atoms with Crippen molar-refractivity contribution in [3.05, 3.63) is 54.7 Å². The van der Waals surface area contributed by atoms with Crippen LogP contribution in [0, 0.1) is 5.92 Å². The van der Waals surface area contributed by atoms with E-state index < -0.39 is 6.09 Å². The number of nitrogens with one attached hydrogen (secondary N) is 2. The van der Waals surface area contributed by atoms with Crippen LogP contribution in [0.1, 0.15) is 0 Å². The lowest BCUT2D eigenvalue weighted by molar-refractivity contribution is 0.115. The van der Waals surface area contributed by atoms with E-state index in [-0.39, 0.29) is 11.8 Å². The lowest BCUT2D eigenvalue weighted by atomic mass is 10.0. The van der Waals surface area contributed by atoms with Gasteiger partial charge in [-0.05, 0) is 12.1 Å². The highest BCUT2D eigenvalue weighted by molar-refractivity contribution is 6.36. The number of para-hydroxylation sites is 2. The van der Waals surface area contributed by atoms with Crippen molar-refractivity contribution in [1.82, 2.24) is 19.4 Å². The average molecular weight is 483 g/mol. The second-order valence-corrected chi connectivity index (χ2v) is 9.51. The van der Waals surface area contributed by atoms with Crippen molar-refractivity contribution < 1.29 is 19.4 Å². The third kappa shape index (κ3) is 2.88. The minimum atomic E-state index is -0.432. The van der Waals surface area contributed by atoms with Gasteiger partial charge in [0.25, 0.3) is 0 Å². The first-order chi connectivity index (χ1) is 17.7. The third-order valence-electron chi connectivity index (χ3n) is 7.45. The minimum absolute atomic E-state index is 0.0538. The van der Waals surface area contributed by atoms with Crippen molar-refractivity contribution in [3.63, 3.8) is 0 Å². The Morgan fingerprint density at radius 3 is 2.31 bits per heavy atom. The van der Waals surface area contributed by atoms with E-state index >= 15 is 0 Å². The fraction of sp³-hybridized carbons (Fsp3) is 0.250. The molecule has 1 aliphatic rings. The van der Waals surface area contributed by atoms with Crippen LogP contribution in [0.5, 0.6) is 5.88 Å². The lowest BCUT2D eigenvalue weighted by Gasteiger charge is -2.18. The van der Waals surface area contributed by atoms with Gasteiger partial charge in [0.2, 0.25) is 0 Å². The number of hydrogen-bond donors (Lipinski definition) is 3. The molecule has 1 amide bonds. The highest BCUT2D eigenvalue weighted by Crippen LogP contribution is 2.48. The SMILES string of the molecule is COCCNC(=O)OCC1Cn2c3ccccc3c3c4c[nH]c(O)c4c4c5ccccc5n(c4c32)C1. The zero-order valence-electron chi connectivity index (χ0n) is 19.9. The van der Waals surface area contributed by atoms with Crippen LogP contribution in [0.3, 0.4) is 0 Å². The number of ether oxygens (including phenoxy) is 2. The minimum Gasteiger partial charge on any atom is -0.494 e. The smallest absolute Gasteiger partial charge is 0.407 e. The monoisotopic (exact) mass is 482 g/mol. The van der Waals surface area contributed by atoms with Gasteiger partial charge < -0.3 is 34.0 Å². The molecule has 0 saturated carbocycles. The second-order valence-electron chi connectivity index (χ2n) is 9.51. The number of aromatic nitrogens is 3. The summed E-state index contributed by atoms with van der Waals surface area (Å²) in [5.41, 5.74) is 4.50. The van der Waals surface area contributed by atoms with Gasteiger partial charge in [0.15, 0.2) is 5.88 Å². The Morgan fingerprint density at radius 1 is 0.972 bits per heavy atom. The molecule has 8 heteroatoms. The first-order valence-electron chi connectivity index (χ1n) is 12.2. The van der Waals surface area contributed by atoms with Gasteiger partial charge in [0.1, 0.15) is 0 Å². The maximum atomic E-state index is 12.3. The predicted octanol–water partition coefficient (Wildman–Crippen LogP) is 5.09. The highest BCUT2D eigenvalue weighted by Gasteiger charge is 2.29. The summed E-state index contributed by atoms with van der Waals surface area (Å²) in [5.74, 6) is 0.238. The molecule has 0 radical (unpaired) electrons. The van der Waals surface area contributed by atoms with Gasteiger partial charge in [0, 0.05) is 76.8 Å². The lowest BCUT2D eigenvalue weighted by Crippen LogP contribution is -2.30.